The second-order valence-electron chi connectivity index (χ2n) is 7.73. The minimum atomic E-state index is -4.49. The van der Waals surface area contributed by atoms with Crippen LogP contribution in [0.15, 0.2) is 36.4 Å². The van der Waals surface area contributed by atoms with E-state index in [1.54, 1.807) is 12.1 Å². The van der Waals surface area contributed by atoms with E-state index in [4.69, 9.17) is 58.0 Å². The van der Waals surface area contributed by atoms with E-state index >= 15 is 0 Å². The van der Waals surface area contributed by atoms with E-state index in [9.17, 15) is 22.8 Å². The first-order chi connectivity index (χ1) is 15.2. The molecule has 1 aliphatic carbocycles. The maximum atomic E-state index is 12.8. The Morgan fingerprint density at radius 1 is 1.03 bits per heavy atom. The van der Waals surface area contributed by atoms with Gasteiger partial charge in [0.25, 0.3) is 0 Å². The third kappa shape index (κ3) is 6.40. The van der Waals surface area contributed by atoms with Gasteiger partial charge in [0.05, 0.1) is 23.0 Å². The Kier molecular flexibility index (Phi) is 7.71. The summed E-state index contributed by atoms with van der Waals surface area (Å²) in [6, 6.07) is 8.94. The molecular weight excluding hydrogens is 547 g/mol. The van der Waals surface area contributed by atoms with Crippen LogP contribution in [0.5, 0.6) is 0 Å². The Morgan fingerprint density at radius 2 is 1.64 bits per heavy atom. The van der Waals surface area contributed by atoms with Gasteiger partial charge in [-0.15, -0.1) is 23.2 Å². The lowest BCUT2D eigenvalue weighted by Crippen LogP contribution is -2.25. The van der Waals surface area contributed by atoms with E-state index in [0.29, 0.717) is 15.6 Å². The zero-order chi connectivity index (χ0) is 24.7. The highest BCUT2D eigenvalue weighted by molar-refractivity contribution is 6.53. The Labute approximate surface area is 212 Å². The monoisotopic (exact) mass is 560 g/mol. The van der Waals surface area contributed by atoms with Crippen LogP contribution in [0, 0.1) is 11.8 Å². The molecule has 2 aromatic rings. The third-order valence-corrected chi connectivity index (χ3v) is 6.76. The Morgan fingerprint density at radius 3 is 2.21 bits per heavy atom. The highest BCUT2D eigenvalue weighted by Gasteiger charge is 2.67. The molecule has 1 fully saturated rings. The van der Waals surface area contributed by atoms with Crippen molar-refractivity contribution >= 4 is 81.2 Å². The average molecular weight is 563 g/mol. The van der Waals surface area contributed by atoms with Crippen LogP contribution in [-0.2, 0) is 9.59 Å². The molecule has 4 nitrogen and oxygen atoms in total. The van der Waals surface area contributed by atoms with Gasteiger partial charge in [-0.25, -0.2) is 0 Å². The van der Waals surface area contributed by atoms with Crippen LogP contribution < -0.4 is 10.6 Å². The number of amides is 2. The van der Waals surface area contributed by atoms with Crippen LogP contribution in [0.25, 0.3) is 0 Å². The van der Waals surface area contributed by atoms with Crippen molar-refractivity contribution < 1.29 is 22.8 Å². The molecule has 3 rings (SSSR count). The number of hydrogen-bond donors (Lipinski definition) is 2. The van der Waals surface area contributed by atoms with Crippen molar-refractivity contribution in [2.75, 3.05) is 10.6 Å². The van der Waals surface area contributed by atoms with Crippen LogP contribution in [-0.4, -0.2) is 22.3 Å². The second kappa shape index (κ2) is 9.70. The normalized spacial score (nSPS) is 20.2. The molecule has 0 aromatic heterocycles. The maximum Gasteiger partial charge on any atom is 0.389 e. The summed E-state index contributed by atoms with van der Waals surface area (Å²) in [5, 5.41) is 5.80. The highest BCUT2D eigenvalue weighted by Crippen LogP contribution is 2.65. The summed E-state index contributed by atoms with van der Waals surface area (Å²) in [6.07, 6.45) is -5.77. The molecule has 2 aromatic carbocycles. The molecule has 1 saturated carbocycles. The lowest BCUT2D eigenvalue weighted by atomic mass is 10.1. The highest BCUT2D eigenvalue weighted by atomic mass is 35.5. The summed E-state index contributed by atoms with van der Waals surface area (Å²) in [7, 11) is 0. The van der Waals surface area contributed by atoms with Crippen LogP contribution >= 0.6 is 58.0 Å². The van der Waals surface area contributed by atoms with Crippen molar-refractivity contribution in [1.82, 2.24) is 0 Å². The fraction of sp³-hybridized carbons (Fsp3) is 0.333. The van der Waals surface area contributed by atoms with Gasteiger partial charge in [0.2, 0.25) is 11.8 Å². The number of anilines is 2. The van der Waals surface area contributed by atoms with Crippen molar-refractivity contribution in [2.45, 2.75) is 29.8 Å². The summed E-state index contributed by atoms with van der Waals surface area (Å²) in [5.41, 5.74) is 0.882. The van der Waals surface area contributed by atoms with Crippen LogP contribution in [0.1, 0.15) is 24.8 Å². The molecule has 2 amide bonds. The smallest absolute Gasteiger partial charge is 0.326 e. The number of carbonyl (C=O) groups excluding carboxylic acids is 2. The molecule has 12 heteroatoms. The minimum absolute atomic E-state index is 0.0467. The van der Waals surface area contributed by atoms with Gasteiger partial charge in [0, 0.05) is 27.6 Å². The molecule has 0 heterocycles. The van der Waals surface area contributed by atoms with E-state index in [1.165, 1.54) is 24.3 Å². The summed E-state index contributed by atoms with van der Waals surface area (Å²) in [6.45, 7) is 1.15. The zero-order valence-electron chi connectivity index (χ0n) is 16.7. The second-order valence-corrected chi connectivity index (χ2v) is 10.5. The summed E-state index contributed by atoms with van der Waals surface area (Å²) < 4.78 is 36.2. The van der Waals surface area contributed by atoms with Gasteiger partial charge in [-0.2, -0.15) is 13.2 Å². The molecular formula is C21H16Cl5F3N2O2. The fourth-order valence-corrected chi connectivity index (χ4v) is 4.97. The lowest BCUT2D eigenvalue weighted by molar-refractivity contribution is -0.150. The lowest BCUT2D eigenvalue weighted by Gasteiger charge is -2.15. The van der Waals surface area contributed by atoms with Gasteiger partial charge in [0.15, 0.2) is 0 Å². The van der Waals surface area contributed by atoms with Crippen molar-refractivity contribution in [2.24, 2.45) is 11.8 Å². The van der Waals surface area contributed by atoms with Gasteiger partial charge in [-0.3, -0.25) is 9.59 Å². The predicted octanol–water partition coefficient (Wildman–Crippen LogP) is 7.70. The first-order valence-corrected chi connectivity index (χ1v) is 11.4. The van der Waals surface area contributed by atoms with Crippen molar-refractivity contribution in [1.29, 1.82) is 0 Å². The van der Waals surface area contributed by atoms with E-state index in [1.807, 2.05) is 0 Å². The zero-order valence-corrected chi connectivity index (χ0v) is 20.5. The van der Waals surface area contributed by atoms with E-state index < -0.39 is 46.5 Å². The molecule has 178 valence electrons. The number of benzene rings is 2. The number of halogens is 8. The number of nitrogens with one attached hydrogen (secondary N) is 2. The SMILES string of the molecule is CC(CC(F)(F)F)C(=O)Nc1cc(NC(=O)C2C(c3cc(Cl)cc(Cl)c3)C2(Cl)Cl)ccc1Cl. The number of carbonyl (C=O) groups is 2. The molecule has 3 unspecified atom stereocenters. The van der Waals surface area contributed by atoms with Crippen LogP contribution in [0.4, 0.5) is 24.5 Å². The predicted molar refractivity (Wildman–Crippen MR) is 126 cm³/mol. The quantitative estimate of drug-likeness (QED) is 0.355. The molecule has 3 atom stereocenters. The van der Waals surface area contributed by atoms with E-state index in [-0.39, 0.29) is 16.4 Å². The molecule has 1 aliphatic rings. The first-order valence-electron chi connectivity index (χ1n) is 9.51. The number of hydrogen-bond acceptors (Lipinski definition) is 2. The molecule has 0 spiro atoms. The Balaban J connectivity index is 1.72. The van der Waals surface area contributed by atoms with E-state index in [0.717, 1.165) is 6.92 Å². The standard InChI is InChI=1S/C21H16Cl5F3N2O2/c1-9(8-20(27,28)29)18(32)31-15-7-13(2-3-14(15)24)30-19(33)17-16(21(17,25)26)10-4-11(22)6-12(23)5-10/h2-7,9,16-17H,8H2,1H3,(H,30,33)(H,31,32). The molecule has 2 N–H and O–H groups in total. The van der Waals surface area contributed by atoms with E-state index in [2.05, 4.69) is 10.6 Å². The molecule has 0 saturated heterocycles. The fourth-order valence-electron chi connectivity index (χ4n) is 3.44. The van der Waals surface area contributed by atoms with Crippen molar-refractivity contribution in [3.8, 4) is 0 Å². The largest absolute Gasteiger partial charge is 0.389 e. The molecule has 0 bridgehead atoms. The molecule has 0 aliphatic heterocycles. The van der Waals surface area contributed by atoms with Crippen molar-refractivity contribution in [3.05, 3.63) is 57.0 Å². The van der Waals surface area contributed by atoms with Gasteiger partial charge in [-0.1, -0.05) is 41.7 Å². The third-order valence-electron chi connectivity index (χ3n) is 5.06. The van der Waals surface area contributed by atoms with Crippen LogP contribution in [0.2, 0.25) is 15.1 Å². The summed E-state index contributed by atoms with van der Waals surface area (Å²) in [4.78, 5) is 25.0. The average Bonchev–Trinajstić information content (AvgIpc) is 3.24. The first kappa shape index (κ1) is 26.2. The van der Waals surface area contributed by atoms with Crippen molar-refractivity contribution in [3.63, 3.8) is 0 Å². The topological polar surface area (TPSA) is 58.2 Å². The number of alkyl halides is 5. The Bertz CT molecular complexity index is 1070. The van der Waals surface area contributed by atoms with Gasteiger partial charge < -0.3 is 10.6 Å². The number of rotatable bonds is 6. The minimum Gasteiger partial charge on any atom is -0.326 e. The maximum absolute atomic E-state index is 12.8. The van der Waals surface area contributed by atoms with Gasteiger partial charge in [0.1, 0.15) is 4.33 Å². The molecule has 33 heavy (non-hydrogen) atoms. The van der Waals surface area contributed by atoms with Gasteiger partial charge >= 0.3 is 6.18 Å². The van der Waals surface area contributed by atoms with Gasteiger partial charge in [-0.05, 0) is 42.0 Å². The molecule has 0 radical (unpaired) electrons. The summed E-state index contributed by atoms with van der Waals surface area (Å²) in [5.74, 6) is -4.09. The van der Waals surface area contributed by atoms with Crippen LogP contribution in [0.3, 0.4) is 0 Å². The Hall–Kier alpha value is -1.38. The summed E-state index contributed by atoms with van der Waals surface area (Å²) >= 11 is 30.8.